The molecule has 0 bridgehead atoms. The largest absolute Gasteiger partial charge is 0.496 e. The van der Waals surface area contributed by atoms with Crippen molar-refractivity contribution < 1.29 is 9.53 Å². The topological polar surface area (TPSA) is 72.3 Å². The van der Waals surface area contributed by atoms with Crippen molar-refractivity contribution in [3.05, 3.63) is 70.7 Å². The number of amides is 2. The third kappa shape index (κ3) is 4.51. The summed E-state index contributed by atoms with van der Waals surface area (Å²) in [5.74, 6) is 0.739. The lowest BCUT2D eigenvalue weighted by Crippen LogP contribution is -2.38. The Bertz CT molecular complexity index is 928. The monoisotopic (exact) mass is 443 g/mol. The Hall–Kier alpha value is -2.87. The van der Waals surface area contributed by atoms with Gasteiger partial charge in [-0.15, -0.1) is 0 Å². The van der Waals surface area contributed by atoms with Crippen LogP contribution in [0.3, 0.4) is 0 Å². The van der Waals surface area contributed by atoms with E-state index in [-0.39, 0.29) is 12.1 Å². The Kier molecular flexibility index (Phi) is 6.30. The number of rotatable bonds is 6. The maximum Gasteiger partial charge on any atom is 0.317 e. The van der Waals surface area contributed by atoms with Gasteiger partial charge in [-0.25, -0.2) is 14.5 Å². The number of aromatic nitrogens is 3. The van der Waals surface area contributed by atoms with Crippen LogP contribution in [0.15, 0.2) is 59.6 Å². The normalized spacial score (nSPS) is 11.7. The molecule has 0 saturated heterocycles. The second-order valence-corrected chi connectivity index (χ2v) is 7.25. The molecule has 0 spiro atoms. The molecule has 1 unspecified atom stereocenters. The van der Waals surface area contributed by atoms with Crippen LogP contribution in [0.4, 0.5) is 4.79 Å². The molecular weight excluding hydrogens is 422 g/mol. The van der Waals surface area contributed by atoms with Gasteiger partial charge < -0.3 is 15.0 Å². The van der Waals surface area contributed by atoms with Gasteiger partial charge in [0.25, 0.3) is 0 Å². The SMILES string of the molecule is COc1ccc(Br)cc1CNC(=O)N(C)C(C)c1ccc(-n2cncn2)cc1. The second kappa shape index (κ2) is 8.88. The Morgan fingerprint density at radius 1 is 1.29 bits per heavy atom. The van der Waals surface area contributed by atoms with Crippen molar-refractivity contribution in [1.29, 1.82) is 0 Å². The lowest BCUT2D eigenvalue weighted by molar-refractivity contribution is 0.194. The second-order valence-electron chi connectivity index (χ2n) is 6.33. The molecule has 1 atom stereocenters. The molecule has 2 amide bonds. The maximum absolute atomic E-state index is 12.6. The number of carbonyl (C=O) groups is 1. The highest BCUT2D eigenvalue weighted by atomic mass is 79.9. The molecule has 8 heteroatoms. The molecule has 3 aromatic rings. The predicted molar refractivity (Wildman–Crippen MR) is 110 cm³/mol. The van der Waals surface area contributed by atoms with Gasteiger partial charge in [-0.05, 0) is 42.8 Å². The Morgan fingerprint density at radius 3 is 2.68 bits per heavy atom. The maximum atomic E-state index is 12.6. The molecule has 7 nitrogen and oxygen atoms in total. The van der Waals surface area contributed by atoms with Gasteiger partial charge in [0.2, 0.25) is 0 Å². The molecule has 0 fully saturated rings. The van der Waals surface area contributed by atoms with E-state index in [9.17, 15) is 4.79 Å². The van der Waals surface area contributed by atoms with Crippen LogP contribution in [-0.2, 0) is 6.54 Å². The first-order valence-corrected chi connectivity index (χ1v) is 9.57. The molecular formula is C20H22BrN5O2. The van der Waals surface area contributed by atoms with Crippen molar-refractivity contribution >= 4 is 22.0 Å². The smallest absolute Gasteiger partial charge is 0.317 e. The Morgan fingerprint density at radius 2 is 2.04 bits per heavy atom. The predicted octanol–water partition coefficient (Wildman–Crippen LogP) is 3.94. The van der Waals surface area contributed by atoms with E-state index in [1.165, 1.54) is 6.33 Å². The molecule has 1 N–H and O–H groups in total. The van der Waals surface area contributed by atoms with Crippen LogP contribution < -0.4 is 10.1 Å². The van der Waals surface area contributed by atoms with Crippen LogP contribution in [0.25, 0.3) is 5.69 Å². The highest BCUT2D eigenvalue weighted by Crippen LogP contribution is 2.24. The zero-order valence-electron chi connectivity index (χ0n) is 16.0. The molecule has 1 heterocycles. The number of halogens is 1. The summed E-state index contributed by atoms with van der Waals surface area (Å²) in [6.07, 6.45) is 3.14. The van der Waals surface area contributed by atoms with Crippen LogP contribution >= 0.6 is 15.9 Å². The molecule has 28 heavy (non-hydrogen) atoms. The van der Waals surface area contributed by atoms with Gasteiger partial charge in [-0.3, -0.25) is 0 Å². The summed E-state index contributed by atoms with van der Waals surface area (Å²) >= 11 is 3.45. The van der Waals surface area contributed by atoms with Crippen molar-refractivity contribution in [3.63, 3.8) is 0 Å². The van der Waals surface area contributed by atoms with Crippen LogP contribution in [0.5, 0.6) is 5.75 Å². The quantitative estimate of drug-likeness (QED) is 0.625. The number of nitrogens with zero attached hydrogens (tertiary/aromatic N) is 4. The zero-order valence-corrected chi connectivity index (χ0v) is 17.5. The highest BCUT2D eigenvalue weighted by molar-refractivity contribution is 9.10. The van der Waals surface area contributed by atoms with E-state index in [1.54, 1.807) is 30.1 Å². The standard InChI is InChI=1S/C20H22BrN5O2/c1-14(15-4-7-18(8-5-15)26-13-22-12-24-26)25(2)20(27)23-11-16-10-17(21)6-9-19(16)28-3/h4-10,12-14H,11H2,1-3H3,(H,23,27). The first-order chi connectivity index (χ1) is 13.5. The van der Waals surface area contributed by atoms with Crippen molar-refractivity contribution in [2.24, 2.45) is 0 Å². The van der Waals surface area contributed by atoms with E-state index < -0.39 is 0 Å². The van der Waals surface area contributed by atoms with Crippen molar-refractivity contribution in [2.75, 3.05) is 14.2 Å². The number of carbonyl (C=O) groups excluding carboxylic acids is 1. The van der Waals surface area contributed by atoms with Gasteiger partial charge >= 0.3 is 6.03 Å². The minimum absolute atomic E-state index is 0.0887. The van der Waals surface area contributed by atoms with Gasteiger partial charge in [0, 0.05) is 23.6 Å². The van der Waals surface area contributed by atoms with Crippen molar-refractivity contribution in [1.82, 2.24) is 25.0 Å². The first-order valence-electron chi connectivity index (χ1n) is 8.77. The molecule has 0 aliphatic heterocycles. The minimum Gasteiger partial charge on any atom is -0.496 e. The van der Waals surface area contributed by atoms with Crippen LogP contribution in [0.2, 0.25) is 0 Å². The first kappa shape index (κ1) is 19.9. The summed E-state index contributed by atoms with van der Waals surface area (Å²) in [5.41, 5.74) is 2.85. The highest BCUT2D eigenvalue weighted by Gasteiger charge is 2.18. The number of ether oxygens (including phenoxy) is 1. The number of urea groups is 1. The van der Waals surface area contributed by atoms with Crippen molar-refractivity contribution in [2.45, 2.75) is 19.5 Å². The summed E-state index contributed by atoms with van der Waals surface area (Å²) in [6.45, 7) is 2.37. The molecule has 0 saturated carbocycles. The van der Waals surface area contributed by atoms with Gasteiger partial charge in [-0.2, -0.15) is 5.10 Å². The molecule has 146 valence electrons. The summed E-state index contributed by atoms with van der Waals surface area (Å²) in [6, 6.07) is 13.4. The molecule has 2 aromatic carbocycles. The Labute approximate surface area is 172 Å². The fourth-order valence-corrected chi connectivity index (χ4v) is 3.24. The van der Waals surface area contributed by atoms with Gasteiger partial charge in [-0.1, -0.05) is 28.1 Å². The minimum atomic E-state index is -0.158. The molecule has 0 aliphatic carbocycles. The molecule has 0 radical (unpaired) electrons. The van der Waals surface area contributed by atoms with E-state index in [4.69, 9.17) is 4.74 Å². The number of hydrogen-bond acceptors (Lipinski definition) is 4. The molecule has 0 aliphatic rings. The third-order valence-corrected chi connectivity index (χ3v) is 5.13. The number of hydrogen-bond donors (Lipinski definition) is 1. The van der Waals surface area contributed by atoms with E-state index in [2.05, 4.69) is 31.3 Å². The van der Waals surface area contributed by atoms with Gasteiger partial charge in [0.15, 0.2) is 0 Å². The van der Waals surface area contributed by atoms with Gasteiger partial charge in [0.05, 0.1) is 18.8 Å². The summed E-state index contributed by atoms with van der Waals surface area (Å²) in [4.78, 5) is 18.2. The zero-order chi connectivity index (χ0) is 20.1. The number of benzene rings is 2. The average Bonchev–Trinajstić information content (AvgIpc) is 3.26. The molecule has 3 rings (SSSR count). The Balaban J connectivity index is 1.63. The summed E-state index contributed by atoms with van der Waals surface area (Å²) in [5, 5.41) is 7.06. The van der Waals surface area contributed by atoms with Gasteiger partial charge in [0.1, 0.15) is 18.4 Å². The fourth-order valence-electron chi connectivity index (χ4n) is 2.83. The third-order valence-electron chi connectivity index (χ3n) is 4.63. The van der Waals surface area contributed by atoms with Crippen LogP contribution in [-0.4, -0.2) is 39.9 Å². The number of nitrogens with one attached hydrogen (secondary N) is 1. The van der Waals surface area contributed by atoms with Crippen LogP contribution in [0.1, 0.15) is 24.1 Å². The van der Waals surface area contributed by atoms with E-state index >= 15 is 0 Å². The van der Waals surface area contributed by atoms with E-state index in [0.717, 1.165) is 27.0 Å². The summed E-state index contributed by atoms with van der Waals surface area (Å²) in [7, 11) is 3.40. The molecule has 1 aromatic heterocycles. The lowest BCUT2D eigenvalue weighted by atomic mass is 10.1. The van der Waals surface area contributed by atoms with Crippen molar-refractivity contribution in [3.8, 4) is 11.4 Å². The summed E-state index contributed by atoms with van der Waals surface area (Å²) < 4.78 is 7.98. The van der Waals surface area contributed by atoms with E-state index in [1.807, 2.05) is 49.4 Å². The van der Waals surface area contributed by atoms with Crippen LogP contribution in [0, 0.1) is 0 Å². The average molecular weight is 444 g/mol. The lowest BCUT2D eigenvalue weighted by Gasteiger charge is -2.26. The fraction of sp³-hybridized carbons (Fsp3) is 0.250. The van der Waals surface area contributed by atoms with E-state index in [0.29, 0.717) is 6.54 Å². The number of methoxy groups -OCH3 is 1.